The van der Waals surface area contributed by atoms with Gasteiger partial charge in [-0.3, -0.25) is 0 Å². The Morgan fingerprint density at radius 2 is 2.12 bits per heavy atom. The van der Waals surface area contributed by atoms with Gasteiger partial charge < -0.3 is 5.73 Å². The van der Waals surface area contributed by atoms with Crippen LogP contribution < -0.4 is 5.73 Å². The van der Waals surface area contributed by atoms with Crippen LogP contribution in [-0.4, -0.2) is 0 Å². The first-order chi connectivity index (χ1) is 8.15. The van der Waals surface area contributed by atoms with Gasteiger partial charge in [-0.2, -0.15) is 0 Å². The lowest BCUT2D eigenvalue weighted by Gasteiger charge is -2.12. The quantitative estimate of drug-likeness (QED) is 0.559. The lowest BCUT2D eigenvalue weighted by atomic mass is 10.0. The molecule has 0 heterocycles. The summed E-state index contributed by atoms with van der Waals surface area (Å²) < 4.78 is 13.6. The molecule has 1 aromatic rings. The summed E-state index contributed by atoms with van der Waals surface area (Å²) >= 11 is 5.69. The minimum Gasteiger partial charge on any atom is -0.324 e. The summed E-state index contributed by atoms with van der Waals surface area (Å²) in [5.74, 6) is -0.309. The van der Waals surface area contributed by atoms with Gasteiger partial charge >= 0.3 is 0 Å². The van der Waals surface area contributed by atoms with E-state index in [9.17, 15) is 4.39 Å². The van der Waals surface area contributed by atoms with Crippen molar-refractivity contribution in [3.8, 4) is 0 Å². The highest BCUT2D eigenvalue weighted by Gasteiger charge is 2.11. The molecule has 1 aromatic carbocycles. The summed E-state index contributed by atoms with van der Waals surface area (Å²) in [6, 6.07) is 4.42. The molecule has 1 unspecified atom stereocenters. The lowest BCUT2D eigenvalue weighted by Crippen LogP contribution is -2.12. The molecular weight excluding hydrogens is 237 g/mol. The van der Waals surface area contributed by atoms with Crippen LogP contribution in [0.5, 0.6) is 0 Å². The molecule has 0 spiro atoms. The molecule has 94 valence electrons. The van der Waals surface area contributed by atoms with Gasteiger partial charge in [0.05, 0.1) is 0 Å². The Bertz CT molecular complexity index is 365. The maximum atomic E-state index is 13.6. The van der Waals surface area contributed by atoms with Gasteiger partial charge in [-0.05, 0) is 31.4 Å². The molecule has 0 fully saturated rings. The van der Waals surface area contributed by atoms with Crippen LogP contribution in [0.15, 0.2) is 30.9 Å². The monoisotopic (exact) mass is 255 g/mol. The molecule has 1 rings (SSSR count). The van der Waals surface area contributed by atoms with Crippen LogP contribution in [0.2, 0.25) is 5.02 Å². The highest BCUT2D eigenvalue weighted by Crippen LogP contribution is 2.23. The topological polar surface area (TPSA) is 26.0 Å². The van der Waals surface area contributed by atoms with Gasteiger partial charge in [0.15, 0.2) is 0 Å². The predicted molar refractivity (Wildman–Crippen MR) is 71.6 cm³/mol. The normalized spacial score (nSPS) is 12.4. The Balaban J connectivity index is 2.41. The third kappa shape index (κ3) is 4.88. The molecule has 0 saturated heterocycles. The van der Waals surface area contributed by atoms with Crippen molar-refractivity contribution in [3.63, 3.8) is 0 Å². The number of unbranched alkanes of at least 4 members (excludes halogenated alkanes) is 3. The zero-order valence-corrected chi connectivity index (χ0v) is 10.7. The average molecular weight is 256 g/mol. The number of hydrogen-bond acceptors (Lipinski definition) is 1. The van der Waals surface area contributed by atoms with Gasteiger partial charge in [-0.1, -0.05) is 36.6 Å². The van der Waals surface area contributed by atoms with E-state index in [1.807, 2.05) is 6.08 Å². The van der Waals surface area contributed by atoms with Crippen molar-refractivity contribution in [2.24, 2.45) is 5.73 Å². The van der Waals surface area contributed by atoms with Crippen molar-refractivity contribution < 1.29 is 4.39 Å². The number of rotatable bonds is 7. The van der Waals surface area contributed by atoms with Crippen LogP contribution in [0.3, 0.4) is 0 Å². The summed E-state index contributed by atoms with van der Waals surface area (Å²) in [5, 5.41) is 0.407. The van der Waals surface area contributed by atoms with Crippen LogP contribution in [0, 0.1) is 5.82 Å². The number of hydrogen-bond donors (Lipinski definition) is 1. The van der Waals surface area contributed by atoms with Crippen molar-refractivity contribution in [2.75, 3.05) is 0 Å². The lowest BCUT2D eigenvalue weighted by molar-refractivity contribution is 0.535. The summed E-state index contributed by atoms with van der Waals surface area (Å²) in [7, 11) is 0. The zero-order chi connectivity index (χ0) is 12.7. The molecule has 0 aliphatic rings. The first-order valence-corrected chi connectivity index (χ1v) is 6.34. The molecule has 1 atom stereocenters. The van der Waals surface area contributed by atoms with Crippen LogP contribution in [0.4, 0.5) is 4.39 Å². The van der Waals surface area contributed by atoms with E-state index in [1.54, 1.807) is 12.1 Å². The Kier molecular flexibility index (Phi) is 6.23. The van der Waals surface area contributed by atoms with Gasteiger partial charge in [-0.15, -0.1) is 6.58 Å². The van der Waals surface area contributed by atoms with Crippen LogP contribution in [-0.2, 0) is 0 Å². The second kappa shape index (κ2) is 7.46. The van der Waals surface area contributed by atoms with E-state index in [0.29, 0.717) is 10.6 Å². The van der Waals surface area contributed by atoms with Crippen molar-refractivity contribution in [3.05, 3.63) is 47.3 Å². The molecule has 17 heavy (non-hydrogen) atoms. The van der Waals surface area contributed by atoms with Gasteiger partial charge in [0, 0.05) is 16.6 Å². The molecule has 1 nitrogen and oxygen atoms in total. The van der Waals surface area contributed by atoms with Crippen molar-refractivity contribution in [1.82, 2.24) is 0 Å². The highest BCUT2D eigenvalue weighted by atomic mass is 35.5. The highest BCUT2D eigenvalue weighted by molar-refractivity contribution is 6.30. The predicted octanol–water partition coefficient (Wildman–Crippen LogP) is 4.62. The maximum absolute atomic E-state index is 13.6. The number of benzene rings is 1. The number of allylic oxidation sites excluding steroid dienone is 1. The van der Waals surface area contributed by atoms with Gasteiger partial charge in [0.2, 0.25) is 0 Å². The van der Waals surface area contributed by atoms with Crippen LogP contribution in [0.1, 0.15) is 43.7 Å². The van der Waals surface area contributed by atoms with E-state index in [1.165, 1.54) is 6.07 Å². The third-order valence-electron chi connectivity index (χ3n) is 2.79. The minimum absolute atomic E-state index is 0.240. The molecule has 0 saturated carbocycles. The molecule has 0 bridgehead atoms. The standard InChI is InChI=1S/C14H19ClFN/c1-2-3-4-5-6-7-14(17)12-9-8-11(15)10-13(12)16/h2,8-10,14H,1,3-7,17H2. The van der Waals surface area contributed by atoms with Crippen molar-refractivity contribution in [1.29, 1.82) is 0 Å². The van der Waals surface area contributed by atoms with E-state index >= 15 is 0 Å². The molecule has 0 aliphatic carbocycles. The zero-order valence-electron chi connectivity index (χ0n) is 9.96. The number of nitrogens with two attached hydrogens (primary N) is 1. The maximum Gasteiger partial charge on any atom is 0.129 e. The van der Waals surface area contributed by atoms with E-state index in [-0.39, 0.29) is 11.9 Å². The summed E-state index contributed by atoms with van der Waals surface area (Å²) in [6.07, 6.45) is 6.99. The molecule has 0 amide bonds. The molecular formula is C14H19ClFN. The fraction of sp³-hybridized carbons (Fsp3) is 0.429. The minimum atomic E-state index is -0.309. The van der Waals surface area contributed by atoms with Gasteiger partial charge in [0.25, 0.3) is 0 Å². The molecule has 0 aromatic heterocycles. The van der Waals surface area contributed by atoms with E-state index in [0.717, 1.165) is 32.1 Å². The fourth-order valence-corrected chi connectivity index (χ4v) is 1.95. The van der Waals surface area contributed by atoms with E-state index < -0.39 is 0 Å². The Morgan fingerprint density at radius 1 is 1.35 bits per heavy atom. The second-order valence-corrected chi connectivity index (χ2v) is 4.64. The first-order valence-electron chi connectivity index (χ1n) is 5.96. The van der Waals surface area contributed by atoms with Crippen molar-refractivity contribution >= 4 is 11.6 Å². The SMILES string of the molecule is C=CCCCCCC(N)c1ccc(Cl)cc1F. The molecule has 2 N–H and O–H groups in total. The largest absolute Gasteiger partial charge is 0.324 e. The molecule has 3 heteroatoms. The van der Waals surface area contributed by atoms with E-state index in [4.69, 9.17) is 17.3 Å². The smallest absolute Gasteiger partial charge is 0.129 e. The molecule has 0 aliphatic heterocycles. The third-order valence-corrected chi connectivity index (χ3v) is 3.02. The Hall–Kier alpha value is -0.860. The number of halogens is 2. The van der Waals surface area contributed by atoms with Crippen LogP contribution in [0.25, 0.3) is 0 Å². The Labute approximate surface area is 107 Å². The fourth-order valence-electron chi connectivity index (χ4n) is 1.79. The summed E-state index contributed by atoms with van der Waals surface area (Å²) in [4.78, 5) is 0. The van der Waals surface area contributed by atoms with Crippen LogP contribution >= 0.6 is 11.6 Å². The summed E-state index contributed by atoms with van der Waals surface area (Å²) in [5.41, 5.74) is 6.51. The van der Waals surface area contributed by atoms with E-state index in [2.05, 4.69) is 6.58 Å². The second-order valence-electron chi connectivity index (χ2n) is 4.20. The first kappa shape index (κ1) is 14.2. The molecule has 0 radical (unpaired) electrons. The average Bonchev–Trinajstić information content (AvgIpc) is 2.28. The van der Waals surface area contributed by atoms with Gasteiger partial charge in [0.1, 0.15) is 5.82 Å². The Morgan fingerprint density at radius 3 is 2.76 bits per heavy atom. The van der Waals surface area contributed by atoms with Crippen molar-refractivity contribution in [2.45, 2.75) is 38.1 Å². The van der Waals surface area contributed by atoms with Gasteiger partial charge in [-0.25, -0.2) is 4.39 Å². The summed E-state index contributed by atoms with van der Waals surface area (Å²) in [6.45, 7) is 3.67.